The number of rotatable bonds is 4. The number of carbonyl (C=O) groups excluding carboxylic acids is 1. The van der Waals surface area contributed by atoms with Crippen LogP contribution >= 0.6 is 0 Å². The summed E-state index contributed by atoms with van der Waals surface area (Å²) < 4.78 is 7.49. The molecule has 0 aliphatic carbocycles. The van der Waals surface area contributed by atoms with Crippen molar-refractivity contribution in [3.8, 4) is 0 Å². The van der Waals surface area contributed by atoms with Crippen molar-refractivity contribution in [3.05, 3.63) is 48.4 Å². The number of piperazine rings is 1. The number of nitrogens with one attached hydrogen (secondary N) is 1. The topological polar surface area (TPSA) is 66.5 Å². The number of fused-ring (bicyclic) bond motifs is 1. The Morgan fingerprint density at radius 1 is 1.15 bits per heavy atom. The summed E-state index contributed by atoms with van der Waals surface area (Å²) in [6, 6.07) is 11.8. The van der Waals surface area contributed by atoms with Crippen LogP contribution in [0.25, 0.3) is 11.0 Å². The molecule has 0 saturated carbocycles. The van der Waals surface area contributed by atoms with Crippen LogP contribution < -0.4 is 10.2 Å². The number of anilines is 1. The second-order valence-electron chi connectivity index (χ2n) is 6.36. The van der Waals surface area contributed by atoms with Crippen molar-refractivity contribution >= 4 is 23.0 Å². The van der Waals surface area contributed by atoms with E-state index < -0.39 is 0 Å². The van der Waals surface area contributed by atoms with E-state index in [9.17, 15) is 4.79 Å². The van der Waals surface area contributed by atoms with E-state index in [-0.39, 0.29) is 6.03 Å². The largest absolute Gasteiger partial charge is 0.467 e. The van der Waals surface area contributed by atoms with Gasteiger partial charge in [0.15, 0.2) is 0 Å². The highest BCUT2D eigenvalue weighted by atomic mass is 16.3. The fourth-order valence-corrected chi connectivity index (χ4v) is 3.41. The van der Waals surface area contributed by atoms with Crippen molar-refractivity contribution < 1.29 is 9.21 Å². The number of amides is 2. The van der Waals surface area contributed by atoms with Gasteiger partial charge in [0.05, 0.1) is 23.8 Å². The van der Waals surface area contributed by atoms with Crippen LogP contribution in [0.4, 0.5) is 10.7 Å². The molecule has 0 unspecified atom stereocenters. The minimum atomic E-state index is -0.0509. The Bertz CT molecular complexity index is 879. The van der Waals surface area contributed by atoms with Gasteiger partial charge in [-0.25, -0.2) is 9.78 Å². The molecule has 3 aromatic rings. The van der Waals surface area contributed by atoms with E-state index in [1.807, 2.05) is 35.2 Å². The van der Waals surface area contributed by atoms with Crippen molar-refractivity contribution in [2.45, 2.75) is 20.0 Å². The monoisotopic (exact) mass is 353 g/mol. The number of urea groups is 1. The Morgan fingerprint density at radius 2 is 1.96 bits per heavy atom. The second-order valence-corrected chi connectivity index (χ2v) is 6.36. The number of benzene rings is 1. The third-order valence-electron chi connectivity index (χ3n) is 4.79. The molecule has 2 aromatic heterocycles. The number of furan rings is 1. The maximum atomic E-state index is 12.3. The van der Waals surface area contributed by atoms with Gasteiger partial charge < -0.3 is 24.1 Å². The number of hydrogen-bond acceptors (Lipinski definition) is 4. The molecule has 3 heterocycles. The molecule has 26 heavy (non-hydrogen) atoms. The first-order chi connectivity index (χ1) is 12.8. The van der Waals surface area contributed by atoms with Gasteiger partial charge in [0, 0.05) is 32.7 Å². The lowest BCUT2D eigenvalue weighted by Crippen LogP contribution is -2.52. The van der Waals surface area contributed by atoms with E-state index >= 15 is 0 Å². The summed E-state index contributed by atoms with van der Waals surface area (Å²) in [5.41, 5.74) is 2.17. The Labute approximate surface area is 152 Å². The summed E-state index contributed by atoms with van der Waals surface area (Å²) in [4.78, 5) is 21.2. The minimum absolute atomic E-state index is 0.0509. The third kappa shape index (κ3) is 3.12. The van der Waals surface area contributed by atoms with Crippen LogP contribution in [0, 0.1) is 0 Å². The Morgan fingerprint density at radius 3 is 2.69 bits per heavy atom. The summed E-state index contributed by atoms with van der Waals surface area (Å²) >= 11 is 0. The van der Waals surface area contributed by atoms with Gasteiger partial charge in [-0.15, -0.1) is 0 Å². The third-order valence-corrected chi connectivity index (χ3v) is 4.79. The van der Waals surface area contributed by atoms with Gasteiger partial charge in [-0.2, -0.15) is 0 Å². The molecular weight excluding hydrogens is 330 g/mol. The zero-order valence-corrected chi connectivity index (χ0v) is 14.9. The number of aromatic nitrogens is 2. The van der Waals surface area contributed by atoms with E-state index in [0.717, 1.165) is 42.4 Å². The van der Waals surface area contributed by atoms with Crippen LogP contribution in [0.5, 0.6) is 0 Å². The SMILES string of the molecule is CCn1c(N2CCN(C(=O)NCc3ccco3)CC2)nc2ccccc21. The Kier molecular flexibility index (Phi) is 4.51. The molecule has 7 nitrogen and oxygen atoms in total. The van der Waals surface area contributed by atoms with E-state index in [4.69, 9.17) is 9.40 Å². The molecule has 2 amide bonds. The van der Waals surface area contributed by atoms with Gasteiger partial charge >= 0.3 is 6.03 Å². The highest BCUT2D eigenvalue weighted by molar-refractivity contribution is 5.79. The normalized spacial score (nSPS) is 14.8. The molecule has 0 radical (unpaired) electrons. The highest BCUT2D eigenvalue weighted by Crippen LogP contribution is 2.23. The van der Waals surface area contributed by atoms with Crippen LogP contribution in [-0.4, -0.2) is 46.7 Å². The highest BCUT2D eigenvalue weighted by Gasteiger charge is 2.24. The summed E-state index contributed by atoms with van der Waals surface area (Å²) in [6.45, 7) is 6.33. The van der Waals surface area contributed by atoms with Crippen molar-refractivity contribution in [1.82, 2.24) is 19.8 Å². The summed E-state index contributed by atoms with van der Waals surface area (Å²) in [5.74, 6) is 1.75. The number of hydrogen-bond donors (Lipinski definition) is 1. The van der Waals surface area contributed by atoms with E-state index in [1.165, 1.54) is 0 Å². The fraction of sp³-hybridized carbons (Fsp3) is 0.368. The van der Waals surface area contributed by atoms with Gasteiger partial charge in [-0.1, -0.05) is 12.1 Å². The minimum Gasteiger partial charge on any atom is -0.467 e. The maximum absolute atomic E-state index is 12.3. The molecule has 1 aromatic carbocycles. The molecule has 1 aliphatic rings. The zero-order valence-electron chi connectivity index (χ0n) is 14.9. The van der Waals surface area contributed by atoms with Gasteiger partial charge in [0.25, 0.3) is 0 Å². The van der Waals surface area contributed by atoms with Gasteiger partial charge in [0.2, 0.25) is 5.95 Å². The lowest BCUT2D eigenvalue weighted by molar-refractivity contribution is 0.192. The van der Waals surface area contributed by atoms with Crippen molar-refractivity contribution in [2.75, 3.05) is 31.1 Å². The predicted molar refractivity (Wildman–Crippen MR) is 100 cm³/mol. The fourth-order valence-electron chi connectivity index (χ4n) is 3.41. The summed E-state index contributed by atoms with van der Waals surface area (Å²) in [7, 11) is 0. The molecule has 7 heteroatoms. The number of imidazole rings is 1. The molecule has 0 atom stereocenters. The number of aryl methyl sites for hydroxylation is 1. The first kappa shape index (κ1) is 16.5. The standard InChI is InChI=1S/C19H23N5O2/c1-2-24-17-8-4-3-7-16(17)21-18(24)22-9-11-23(12-10-22)19(25)20-14-15-6-5-13-26-15/h3-8,13H,2,9-12,14H2,1H3,(H,20,25). The molecule has 136 valence electrons. The average Bonchev–Trinajstić information content (AvgIpc) is 3.33. The maximum Gasteiger partial charge on any atom is 0.317 e. The Balaban J connectivity index is 1.40. The van der Waals surface area contributed by atoms with Gasteiger partial charge in [-0.05, 0) is 31.2 Å². The van der Waals surface area contributed by atoms with Gasteiger partial charge in [-0.3, -0.25) is 0 Å². The average molecular weight is 353 g/mol. The van der Waals surface area contributed by atoms with Crippen molar-refractivity contribution in [1.29, 1.82) is 0 Å². The molecule has 0 spiro atoms. The number of para-hydroxylation sites is 2. The first-order valence-corrected chi connectivity index (χ1v) is 9.01. The smallest absolute Gasteiger partial charge is 0.317 e. The molecule has 0 bridgehead atoms. The number of nitrogens with zero attached hydrogens (tertiary/aromatic N) is 4. The van der Waals surface area contributed by atoms with Crippen LogP contribution in [0.15, 0.2) is 47.1 Å². The predicted octanol–water partition coefficient (Wildman–Crippen LogP) is 2.68. The molecular formula is C19H23N5O2. The summed E-state index contributed by atoms with van der Waals surface area (Å²) in [6.07, 6.45) is 1.61. The summed E-state index contributed by atoms with van der Waals surface area (Å²) in [5, 5.41) is 2.91. The zero-order chi connectivity index (χ0) is 17.9. The molecule has 1 N–H and O–H groups in total. The van der Waals surface area contributed by atoms with Crippen LogP contribution in [0.1, 0.15) is 12.7 Å². The van der Waals surface area contributed by atoms with Crippen LogP contribution in [0.3, 0.4) is 0 Å². The lowest BCUT2D eigenvalue weighted by Gasteiger charge is -2.35. The quantitative estimate of drug-likeness (QED) is 0.783. The molecule has 1 fully saturated rings. The molecule has 1 saturated heterocycles. The Hall–Kier alpha value is -2.96. The van der Waals surface area contributed by atoms with Crippen LogP contribution in [-0.2, 0) is 13.1 Å². The van der Waals surface area contributed by atoms with Crippen molar-refractivity contribution in [2.24, 2.45) is 0 Å². The van der Waals surface area contributed by atoms with E-state index in [0.29, 0.717) is 19.6 Å². The van der Waals surface area contributed by atoms with E-state index in [1.54, 1.807) is 6.26 Å². The van der Waals surface area contributed by atoms with Gasteiger partial charge in [0.1, 0.15) is 5.76 Å². The second kappa shape index (κ2) is 7.11. The van der Waals surface area contributed by atoms with Crippen molar-refractivity contribution in [3.63, 3.8) is 0 Å². The lowest BCUT2D eigenvalue weighted by atomic mass is 10.3. The van der Waals surface area contributed by atoms with E-state index in [2.05, 4.69) is 27.8 Å². The molecule has 4 rings (SSSR count). The molecule has 1 aliphatic heterocycles. The van der Waals surface area contributed by atoms with Crippen LogP contribution in [0.2, 0.25) is 0 Å². The first-order valence-electron chi connectivity index (χ1n) is 9.01. The number of carbonyl (C=O) groups is 1.